The van der Waals surface area contributed by atoms with E-state index in [9.17, 15) is 0 Å². The lowest BCUT2D eigenvalue weighted by atomic mass is 9.85. The Labute approximate surface area is 111 Å². The highest BCUT2D eigenvalue weighted by Gasteiger charge is 2.40. The average molecular weight is 327 g/mol. The van der Waals surface area contributed by atoms with Gasteiger partial charge >= 0.3 is 0 Å². The molecule has 2 bridgehead atoms. The molecular formula is C14H18IN. The molecule has 3 rings (SSSR count). The number of rotatable bonds is 1. The van der Waals surface area contributed by atoms with Gasteiger partial charge in [-0.05, 0) is 78.9 Å². The van der Waals surface area contributed by atoms with E-state index in [0.717, 1.165) is 18.0 Å². The highest BCUT2D eigenvalue weighted by Crippen LogP contribution is 2.42. The molecule has 0 spiro atoms. The zero-order valence-corrected chi connectivity index (χ0v) is 11.9. The summed E-state index contributed by atoms with van der Waals surface area (Å²) in [4.78, 5) is 2.63. The number of hydrogen-bond donors (Lipinski definition) is 0. The smallest absolute Gasteiger partial charge is 0.0164 e. The van der Waals surface area contributed by atoms with Crippen molar-refractivity contribution < 1.29 is 0 Å². The number of nitrogens with zero attached hydrogens (tertiary/aromatic N) is 1. The number of fused-ring (bicyclic) bond motifs is 2. The topological polar surface area (TPSA) is 3.24 Å². The molecular weight excluding hydrogens is 309 g/mol. The molecule has 86 valence electrons. The summed E-state index contributed by atoms with van der Waals surface area (Å²) in [7, 11) is 2.32. The van der Waals surface area contributed by atoms with Crippen molar-refractivity contribution in [3.8, 4) is 0 Å². The van der Waals surface area contributed by atoms with E-state index in [2.05, 4.69) is 58.8 Å². The molecule has 2 saturated heterocycles. The van der Waals surface area contributed by atoms with Crippen LogP contribution in [-0.2, 0) is 0 Å². The van der Waals surface area contributed by atoms with Crippen molar-refractivity contribution >= 4 is 22.6 Å². The molecule has 0 saturated carbocycles. The molecule has 0 N–H and O–H groups in total. The van der Waals surface area contributed by atoms with Crippen molar-refractivity contribution in [3.05, 3.63) is 33.4 Å². The van der Waals surface area contributed by atoms with Crippen LogP contribution in [0.5, 0.6) is 0 Å². The second-order valence-electron chi connectivity index (χ2n) is 5.20. The quantitative estimate of drug-likeness (QED) is 0.712. The van der Waals surface area contributed by atoms with E-state index in [1.165, 1.54) is 29.3 Å². The average Bonchev–Trinajstić information content (AvgIpc) is 2.52. The monoisotopic (exact) mass is 327 g/mol. The van der Waals surface area contributed by atoms with E-state index in [1.54, 1.807) is 5.56 Å². The molecule has 0 amide bonds. The van der Waals surface area contributed by atoms with Crippen LogP contribution in [-0.4, -0.2) is 24.0 Å². The lowest BCUT2D eigenvalue weighted by Gasteiger charge is -2.37. The minimum atomic E-state index is 0.778. The van der Waals surface area contributed by atoms with Gasteiger partial charge in [0.05, 0.1) is 0 Å². The lowest BCUT2D eigenvalue weighted by molar-refractivity contribution is 0.156. The third kappa shape index (κ3) is 1.80. The van der Waals surface area contributed by atoms with Crippen LogP contribution in [0.4, 0.5) is 0 Å². The first-order chi connectivity index (χ1) is 7.75. The Balaban J connectivity index is 1.87. The molecule has 1 nitrogen and oxygen atoms in total. The molecule has 2 aliphatic rings. The minimum absolute atomic E-state index is 0.778. The summed E-state index contributed by atoms with van der Waals surface area (Å²) in [5.74, 6) is 0.778. The van der Waals surface area contributed by atoms with Crippen LogP contribution in [0, 0.1) is 3.57 Å². The maximum Gasteiger partial charge on any atom is 0.0164 e. The zero-order valence-electron chi connectivity index (χ0n) is 9.70. The van der Waals surface area contributed by atoms with Crippen molar-refractivity contribution in [2.24, 2.45) is 0 Å². The highest BCUT2D eigenvalue weighted by molar-refractivity contribution is 14.1. The van der Waals surface area contributed by atoms with E-state index < -0.39 is 0 Å². The largest absolute Gasteiger partial charge is 0.300 e. The summed E-state index contributed by atoms with van der Waals surface area (Å²) >= 11 is 2.38. The summed E-state index contributed by atoms with van der Waals surface area (Å²) in [5, 5.41) is 0. The predicted octanol–water partition coefficient (Wildman–Crippen LogP) is 3.63. The van der Waals surface area contributed by atoms with Crippen LogP contribution in [0.15, 0.2) is 24.3 Å². The molecule has 3 unspecified atom stereocenters. The third-order valence-electron chi connectivity index (χ3n) is 4.47. The molecule has 2 heterocycles. The maximum atomic E-state index is 2.63. The molecule has 16 heavy (non-hydrogen) atoms. The van der Waals surface area contributed by atoms with E-state index in [1.807, 2.05) is 0 Å². The second kappa shape index (κ2) is 4.30. The Kier molecular flexibility index (Phi) is 2.96. The molecule has 2 fully saturated rings. The van der Waals surface area contributed by atoms with Gasteiger partial charge in [-0.15, -0.1) is 0 Å². The fourth-order valence-electron chi connectivity index (χ4n) is 3.54. The van der Waals surface area contributed by atoms with Crippen molar-refractivity contribution in [3.63, 3.8) is 0 Å². The Morgan fingerprint density at radius 2 is 1.75 bits per heavy atom. The van der Waals surface area contributed by atoms with Gasteiger partial charge in [-0.2, -0.15) is 0 Å². The molecule has 0 radical (unpaired) electrons. The minimum Gasteiger partial charge on any atom is -0.300 e. The summed E-state index contributed by atoms with van der Waals surface area (Å²) in [5.41, 5.74) is 1.55. The van der Waals surface area contributed by atoms with Crippen LogP contribution in [0.3, 0.4) is 0 Å². The zero-order chi connectivity index (χ0) is 11.1. The van der Waals surface area contributed by atoms with E-state index in [-0.39, 0.29) is 0 Å². The SMILES string of the molecule is CN1C2CCC(c3ccc(I)cc3)C1CC2. The van der Waals surface area contributed by atoms with Gasteiger partial charge in [-0.25, -0.2) is 0 Å². The first kappa shape index (κ1) is 11.0. The van der Waals surface area contributed by atoms with Gasteiger partial charge in [0.15, 0.2) is 0 Å². The maximum absolute atomic E-state index is 2.63. The predicted molar refractivity (Wildman–Crippen MR) is 75.7 cm³/mol. The van der Waals surface area contributed by atoms with Crippen molar-refractivity contribution in [2.45, 2.75) is 43.7 Å². The number of halogens is 1. The van der Waals surface area contributed by atoms with Gasteiger partial charge < -0.3 is 0 Å². The van der Waals surface area contributed by atoms with Crippen LogP contribution >= 0.6 is 22.6 Å². The number of likely N-dealkylation sites (N-methyl/N-ethyl adjacent to an activating group) is 1. The normalized spacial score (nSPS) is 34.2. The van der Waals surface area contributed by atoms with Crippen LogP contribution in [0.25, 0.3) is 0 Å². The molecule has 1 aromatic rings. The second-order valence-corrected chi connectivity index (χ2v) is 6.45. The number of benzene rings is 1. The van der Waals surface area contributed by atoms with Crippen molar-refractivity contribution in [2.75, 3.05) is 7.05 Å². The number of piperidine rings is 1. The highest BCUT2D eigenvalue weighted by atomic mass is 127. The Morgan fingerprint density at radius 1 is 1.06 bits per heavy atom. The fourth-order valence-corrected chi connectivity index (χ4v) is 3.90. The molecule has 1 aromatic carbocycles. The summed E-state index contributed by atoms with van der Waals surface area (Å²) in [6, 6.07) is 10.8. The van der Waals surface area contributed by atoms with Crippen molar-refractivity contribution in [1.29, 1.82) is 0 Å². The molecule has 3 atom stereocenters. The van der Waals surface area contributed by atoms with Gasteiger partial charge in [0.1, 0.15) is 0 Å². The summed E-state index contributed by atoms with van der Waals surface area (Å²) in [6.07, 6.45) is 5.60. The third-order valence-corrected chi connectivity index (χ3v) is 5.19. The van der Waals surface area contributed by atoms with E-state index >= 15 is 0 Å². The van der Waals surface area contributed by atoms with E-state index in [4.69, 9.17) is 0 Å². The van der Waals surface area contributed by atoms with Gasteiger partial charge in [0.25, 0.3) is 0 Å². The van der Waals surface area contributed by atoms with Crippen LogP contribution in [0.2, 0.25) is 0 Å². The molecule has 0 aliphatic carbocycles. The standard InChI is InChI=1S/C14H18IN/c1-16-12-6-8-13(14(16)9-7-12)10-2-4-11(15)5-3-10/h2-5,12-14H,6-9H2,1H3. The van der Waals surface area contributed by atoms with Gasteiger partial charge in [-0.3, -0.25) is 4.90 Å². The van der Waals surface area contributed by atoms with Gasteiger partial charge in [0, 0.05) is 15.7 Å². The first-order valence-corrected chi connectivity index (χ1v) is 7.31. The molecule has 0 aromatic heterocycles. The fraction of sp³-hybridized carbons (Fsp3) is 0.571. The van der Waals surface area contributed by atoms with Gasteiger partial charge in [-0.1, -0.05) is 12.1 Å². The Bertz CT molecular complexity index is 373. The van der Waals surface area contributed by atoms with E-state index in [0.29, 0.717) is 0 Å². The summed E-state index contributed by atoms with van der Waals surface area (Å²) < 4.78 is 1.34. The lowest BCUT2D eigenvalue weighted by Crippen LogP contribution is -2.40. The molecule has 2 heteroatoms. The number of hydrogen-bond acceptors (Lipinski definition) is 1. The van der Waals surface area contributed by atoms with Crippen LogP contribution < -0.4 is 0 Å². The van der Waals surface area contributed by atoms with Gasteiger partial charge in [0.2, 0.25) is 0 Å². The first-order valence-electron chi connectivity index (χ1n) is 6.23. The van der Waals surface area contributed by atoms with Crippen molar-refractivity contribution in [1.82, 2.24) is 4.90 Å². The Morgan fingerprint density at radius 3 is 2.50 bits per heavy atom. The molecule has 2 aliphatic heterocycles. The Hall–Kier alpha value is -0.0900. The summed E-state index contributed by atoms with van der Waals surface area (Å²) in [6.45, 7) is 0. The van der Waals surface area contributed by atoms with Crippen LogP contribution in [0.1, 0.15) is 37.2 Å².